The second-order valence-electron chi connectivity index (χ2n) is 3.55. The lowest BCUT2D eigenvalue weighted by Gasteiger charge is -2.14. The summed E-state index contributed by atoms with van der Waals surface area (Å²) < 4.78 is 6.15. The Morgan fingerprint density at radius 2 is 2.19 bits per heavy atom. The average Bonchev–Trinajstić information content (AvgIpc) is 2.25. The van der Waals surface area contributed by atoms with Gasteiger partial charge in [-0.15, -0.1) is 0 Å². The summed E-state index contributed by atoms with van der Waals surface area (Å²) in [7, 11) is 0. The van der Waals surface area contributed by atoms with Crippen molar-refractivity contribution in [2.24, 2.45) is 0 Å². The van der Waals surface area contributed by atoms with Crippen molar-refractivity contribution in [3.8, 4) is 0 Å². The molecule has 0 aliphatic carbocycles. The van der Waals surface area contributed by atoms with Gasteiger partial charge in [0.2, 0.25) is 0 Å². The Bertz CT molecular complexity index is 333. The van der Waals surface area contributed by atoms with Crippen molar-refractivity contribution in [1.29, 1.82) is 0 Å². The first-order chi connectivity index (χ1) is 7.65. The maximum absolute atomic E-state index is 5.34. The minimum absolute atomic E-state index is 0.242. The second kappa shape index (κ2) is 6.81. The van der Waals surface area contributed by atoms with Crippen LogP contribution in [0.3, 0.4) is 0 Å². The van der Waals surface area contributed by atoms with E-state index in [0.717, 1.165) is 29.3 Å². The van der Waals surface area contributed by atoms with Crippen LogP contribution in [0.4, 0.5) is 5.82 Å². The first kappa shape index (κ1) is 13.4. The van der Waals surface area contributed by atoms with Crippen LogP contribution < -0.4 is 5.32 Å². The van der Waals surface area contributed by atoms with Crippen molar-refractivity contribution in [3.63, 3.8) is 0 Å². The molecule has 1 N–H and O–H groups in total. The van der Waals surface area contributed by atoms with Crippen molar-refractivity contribution in [1.82, 2.24) is 9.97 Å². The van der Waals surface area contributed by atoms with Crippen LogP contribution in [0.25, 0.3) is 0 Å². The monoisotopic (exact) mass is 287 g/mol. The summed E-state index contributed by atoms with van der Waals surface area (Å²) in [6.45, 7) is 7.51. The van der Waals surface area contributed by atoms with Gasteiger partial charge < -0.3 is 10.1 Å². The molecule has 0 radical (unpaired) electrons. The normalized spacial score (nSPS) is 12.5. The predicted molar refractivity (Wildman–Crippen MR) is 68.7 cm³/mol. The molecule has 1 aromatic heterocycles. The second-order valence-corrected chi connectivity index (χ2v) is 4.36. The van der Waals surface area contributed by atoms with Crippen LogP contribution in [0.2, 0.25) is 0 Å². The first-order valence-corrected chi connectivity index (χ1v) is 6.32. The number of hydrogen-bond donors (Lipinski definition) is 1. The average molecular weight is 288 g/mol. The number of aromatic nitrogens is 2. The van der Waals surface area contributed by atoms with Gasteiger partial charge in [0.25, 0.3) is 0 Å². The molecule has 0 bridgehead atoms. The van der Waals surface area contributed by atoms with Crippen LogP contribution in [0.1, 0.15) is 26.6 Å². The van der Waals surface area contributed by atoms with Gasteiger partial charge in [0.1, 0.15) is 16.2 Å². The third kappa shape index (κ3) is 4.45. The van der Waals surface area contributed by atoms with E-state index in [1.807, 2.05) is 19.9 Å². The number of rotatable bonds is 6. The van der Waals surface area contributed by atoms with Crippen LogP contribution in [0.5, 0.6) is 0 Å². The van der Waals surface area contributed by atoms with Crippen molar-refractivity contribution < 1.29 is 4.74 Å². The molecule has 4 nitrogen and oxygen atoms in total. The Labute approximate surface area is 105 Å². The van der Waals surface area contributed by atoms with Gasteiger partial charge in [-0.2, -0.15) is 0 Å². The molecule has 0 saturated carbocycles. The van der Waals surface area contributed by atoms with E-state index in [9.17, 15) is 0 Å². The quantitative estimate of drug-likeness (QED) is 0.817. The lowest BCUT2D eigenvalue weighted by Crippen LogP contribution is -2.22. The lowest BCUT2D eigenvalue weighted by atomic mass is 10.3. The van der Waals surface area contributed by atoms with Crippen LogP contribution in [0.15, 0.2) is 10.7 Å². The molecule has 90 valence electrons. The van der Waals surface area contributed by atoms with Crippen molar-refractivity contribution in [2.45, 2.75) is 33.2 Å². The summed E-state index contributed by atoms with van der Waals surface area (Å²) in [4.78, 5) is 8.65. The Morgan fingerprint density at radius 3 is 2.81 bits per heavy atom. The van der Waals surface area contributed by atoms with Crippen LogP contribution in [0, 0.1) is 0 Å². The fourth-order valence-electron chi connectivity index (χ4n) is 1.29. The van der Waals surface area contributed by atoms with Gasteiger partial charge >= 0.3 is 0 Å². The van der Waals surface area contributed by atoms with Gasteiger partial charge in [0, 0.05) is 25.1 Å². The Morgan fingerprint density at radius 1 is 1.44 bits per heavy atom. The Hall–Kier alpha value is -0.680. The number of halogens is 1. The van der Waals surface area contributed by atoms with E-state index < -0.39 is 0 Å². The van der Waals surface area contributed by atoms with E-state index in [1.54, 1.807) is 0 Å². The maximum Gasteiger partial charge on any atom is 0.131 e. The molecule has 1 unspecified atom stereocenters. The van der Waals surface area contributed by atoms with Crippen molar-refractivity contribution >= 4 is 21.7 Å². The zero-order valence-corrected chi connectivity index (χ0v) is 11.5. The molecule has 16 heavy (non-hydrogen) atoms. The smallest absolute Gasteiger partial charge is 0.131 e. The lowest BCUT2D eigenvalue weighted by molar-refractivity contribution is 0.141. The van der Waals surface area contributed by atoms with E-state index in [-0.39, 0.29) is 6.04 Å². The largest absolute Gasteiger partial charge is 0.380 e. The molecule has 0 amide bonds. The van der Waals surface area contributed by atoms with Crippen molar-refractivity contribution in [3.05, 3.63) is 16.5 Å². The van der Waals surface area contributed by atoms with Crippen LogP contribution in [-0.2, 0) is 11.2 Å². The third-order valence-electron chi connectivity index (χ3n) is 2.02. The van der Waals surface area contributed by atoms with Gasteiger partial charge in [-0.3, -0.25) is 0 Å². The number of hydrogen-bond acceptors (Lipinski definition) is 4. The van der Waals surface area contributed by atoms with Crippen LogP contribution >= 0.6 is 15.9 Å². The van der Waals surface area contributed by atoms with Gasteiger partial charge in [-0.1, -0.05) is 6.92 Å². The number of aryl methyl sites for hydroxylation is 1. The predicted octanol–water partition coefficient (Wildman–Crippen LogP) is 2.64. The Balaban J connectivity index is 2.61. The van der Waals surface area contributed by atoms with Gasteiger partial charge in [0.05, 0.1) is 6.61 Å². The summed E-state index contributed by atoms with van der Waals surface area (Å²) in [5.74, 6) is 1.67. The zero-order valence-electron chi connectivity index (χ0n) is 9.96. The summed E-state index contributed by atoms with van der Waals surface area (Å²) >= 11 is 3.37. The highest BCUT2D eigenvalue weighted by Crippen LogP contribution is 2.13. The Kier molecular flexibility index (Phi) is 5.69. The minimum Gasteiger partial charge on any atom is -0.380 e. The highest BCUT2D eigenvalue weighted by Gasteiger charge is 2.05. The molecular weight excluding hydrogens is 270 g/mol. The van der Waals surface area contributed by atoms with E-state index in [2.05, 4.69) is 38.1 Å². The molecule has 0 fully saturated rings. The number of anilines is 1. The van der Waals surface area contributed by atoms with Gasteiger partial charge in [-0.05, 0) is 29.8 Å². The molecule has 0 saturated heterocycles. The topological polar surface area (TPSA) is 47.0 Å². The molecule has 0 spiro atoms. The number of nitrogens with zero attached hydrogens (tertiary/aromatic N) is 2. The molecule has 0 aliphatic rings. The SMILES string of the molecule is CCOCC(C)Nc1cc(Br)nc(CC)n1. The van der Waals surface area contributed by atoms with Crippen LogP contribution in [-0.4, -0.2) is 29.2 Å². The summed E-state index contributed by atoms with van der Waals surface area (Å²) in [5.41, 5.74) is 0. The van der Waals surface area contributed by atoms with Gasteiger partial charge in [-0.25, -0.2) is 9.97 Å². The highest BCUT2D eigenvalue weighted by atomic mass is 79.9. The van der Waals surface area contributed by atoms with E-state index in [1.165, 1.54) is 0 Å². The summed E-state index contributed by atoms with van der Waals surface area (Å²) in [6, 6.07) is 2.12. The van der Waals surface area contributed by atoms with E-state index in [0.29, 0.717) is 6.61 Å². The fourth-order valence-corrected chi connectivity index (χ4v) is 1.71. The van der Waals surface area contributed by atoms with E-state index >= 15 is 0 Å². The summed E-state index contributed by atoms with van der Waals surface area (Å²) in [6.07, 6.45) is 0.827. The number of nitrogens with one attached hydrogen (secondary N) is 1. The molecule has 0 aromatic carbocycles. The van der Waals surface area contributed by atoms with E-state index in [4.69, 9.17) is 4.74 Å². The maximum atomic E-state index is 5.34. The minimum atomic E-state index is 0.242. The highest BCUT2D eigenvalue weighted by molar-refractivity contribution is 9.10. The molecule has 5 heteroatoms. The molecule has 1 aromatic rings. The number of ether oxygens (including phenoxy) is 1. The zero-order chi connectivity index (χ0) is 12.0. The van der Waals surface area contributed by atoms with Crippen molar-refractivity contribution in [2.75, 3.05) is 18.5 Å². The molecule has 0 aliphatic heterocycles. The molecular formula is C11H18BrN3O. The molecule has 1 atom stereocenters. The first-order valence-electron chi connectivity index (χ1n) is 5.53. The molecule has 1 heterocycles. The summed E-state index contributed by atoms with van der Waals surface area (Å²) in [5, 5.41) is 3.29. The standard InChI is InChI=1S/C11H18BrN3O/c1-4-10-14-9(12)6-11(15-10)13-8(3)7-16-5-2/h6,8H,4-5,7H2,1-3H3,(H,13,14,15). The van der Waals surface area contributed by atoms with Gasteiger partial charge in [0.15, 0.2) is 0 Å². The third-order valence-corrected chi connectivity index (χ3v) is 2.43. The molecule has 1 rings (SSSR count). The fraction of sp³-hybridized carbons (Fsp3) is 0.636.